The van der Waals surface area contributed by atoms with E-state index in [-0.39, 0.29) is 5.56 Å². The van der Waals surface area contributed by atoms with Crippen LogP contribution < -0.4 is 5.32 Å². The van der Waals surface area contributed by atoms with E-state index in [0.717, 1.165) is 6.07 Å². The number of alkyl halides is 1. The Kier molecular flexibility index (Phi) is 4.31. The van der Waals surface area contributed by atoms with Gasteiger partial charge >= 0.3 is 0 Å². The summed E-state index contributed by atoms with van der Waals surface area (Å²) in [7, 11) is 0. The second-order valence-electron chi connectivity index (χ2n) is 3.36. The number of nitrogens with one attached hydrogen (secondary N) is 1. The Hall–Kier alpha value is -0.980. The van der Waals surface area contributed by atoms with Crippen molar-refractivity contribution in [3.05, 3.63) is 45.1 Å². The van der Waals surface area contributed by atoms with Crippen LogP contribution in [0, 0.1) is 5.82 Å². The lowest BCUT2D eigenvalue weighted by atomic mass is 10.2. The maximum absolute atomic E-state index is 13.3. The zero-order valence-electron chi connectivity index (χ0n) is 8.91. The normalized spacial score (nSPS) is 10.4. The fourth-order valence-corrected chi connectivity index (χ4v) is 2.41. The summed E-state index contributed by atoms with van der Waals surface area (Å²) in [5.41, 5.74) is 0.928. The number of amides is 1. The van der Waals surface area contributed by atoms with Gasteiger partial charge in [0.1, 0.15) is 5.82 Å². The van der Waals surface area contributed by atoms with Crippen LogP contribution in [-0.2, 0) is 5.88 Å². The standard InChI is InChI=1S/C11H7BrClFN2OS/c12-8-2-1-6(3-9(8)14)10(17)16-11-15-7(4-13)5-18-11/h1-3,5H,4H2,(H,15,16,17). The number of halogens is 3. The highest BCUT2D eigenvalue weighted by atomic mass is 79.9. The average molecular weight is 350 g/mol. The van der Waals surface area contributed by atoms with Crippen LogP contribution in [0.2, 0.25) is 0 Å². The molecule has 94 valence electrons. The third-order valence-electron chi connectivity index (χ3n) is 2.09. The lowest BCUT2D eigenvalue weighted by molar-refractivity contribution is 0.102. The van der Waals surface area contributed by atoms with Crippen molar-refractivity contribution >= 4 is 49.9 Å². The van der Waals surface area contributed by atoms with Gasteiger partial charge in [0, 0.05) is 10.9 Å². The predicted molar refractivity (Wildman–Crippen MR) is 73.7 cm³/mol. The Morgan fingerprint density at radius 1 is 1.56 bits per heavy atom. The van der Waals surface area contributed by atoms with Crippen molar-refractivity contribution in [3.63, 3.8) is 0 Å². The highest BCUT2D eigenvalue weighted by molar-refractivity contribution is 9.10. The highest BCUT2D eigenvalue weighted by Gasteiger charge is 2.11. The smallest absolute Gasteiger partial charge is 0.257 e. The molecule has 18 heavy (non-hydrogen) atoms. The summed E-state index contributed by atoms with van der Waals surface area (Å²) >= 11 is 9.91. The average Bonchev–Trinajstić information content (AvgIpc) is 2.80. The van der Waals surface area contributed by atoms with E-state index in [1.807, 2.05) is 0 Å². The van der Waals surface area contributed by atoms with Gasteiger partial charge in [-0.25, -0.2) is 9.37 Å². The van der Waals surface area contributed by atoms with Crippen molar-refractivity contribution in [1.82, 2.24) is 4.98 Å². The lowest BCUT2D eigenvalue weighted by Crippen LogP contribution is -2.12. The molecule has 2 rings (SSSR count). The van der Waals surface area contributed by atoms with Crippen molar-refractivity contribution in [3.8, 4) is 0 Å². The summed E-state index contributed by atoms with van der Waals surface area (Å²) in [5.74, 6) is -0.598. The lowest BCUT2D eigenvalue weighted by Gasteiger charge is -2.02. The molecular weight excluding hydrogens is 343 g/mol. The van der Waals surface area contributed by atoms with E-state index in [1.54, 1.807) is 5.38 Å². The summed E-state index contributed by atoms with van der Waals surface area (Å²) in [6, 6.07) is 4.17. The van der Waals surface area contributed by atoms with E-state index < -0.39 is 11.7 Å². The van der Waals surface area contributed by atoms with Crippen molar-refractivity contribution in [2.45, 2.75) is 5.88 Å². The third kappa shape index (κ3) is 3.07. The number of nitrogens with zero attached hydrogens (tertiary/aromatic N) is 1. The number of hydrogen-bond acceptors (Lipinski definition) is 3. The van der Waals surface area contributed by atoms with E-state index in [9.17, 15) is 9.18 Å². The highest BCUT2D eigenvalue weighted by Crippen LogP contribution is 2.20. The van der Waals surface area contributed by atoms with Gasteiger partial charge in [0.15, 0.2) is 5.13 Å². The molecule has 1 aromatic carbocycles. The van der Waals surface area contributed by atoms with Gasteiger partial charge < -0.3 is 0 Å². The van der Waals surface area contributed by atoms with E-state index in [1.165, 1.54) is 23.5 Å². The van der Waals surface area contributed by atoms with Crippen LogP contribution in [0.5, 0.6) is 0 Å². The van der Waals surface area contributed by atoms with E-state index in [0.29, 0.717) is 21.2 Å². The minimum Gasteiger partial charge on any atom is -0.298 e. The molecule has 0 bridgehead atoms. The van der Waals surface area contributed by atoms with Gasteiger partial charge in [-0.05, 0) is 34.1 Å². The first-order chi connectivity index (χ1) is 8.60. The molecule has 0 saturated carbocycles. The Morgan fingerprint density at radius 2 is 2.33 bits per heavy atom. The molecule has 0 aliphatic carbocycles. The molecule has 3 nitrogen and oxygen atoms in total. The van der Waals surface area contributed by atoms with Gasteiger partial charge in [-0.2, -0.15) is 0 Å². The quantitative estimate of drug-likeness (QED) is 0.850. The number of hydrogen-bond donors (Lipinski definition) is 1. The monoisotopic (exact) mass is 348 g/mol. The minimum atomic E-state index is -0.483. The van der Waals surface area contributed by atoms with Gasteiger partial charge in [-0.3, -0.25) is 10.1 Å². The molecule has 2 aromatic rings. The molecule has 0 fully saturated rings. The van der Waals surface area contributed by atoms with Gasteiger partial charge in [0.25, 0.3) is 5.91 Å². The maximum atomic E-state index is 13.3. The Balaban J connectivity index is 2.14. The second-order valence-corrected chi connectivity index (χ2v) is 5.34. The molecule has 0 saturated heterocycles. The minimum absolute atomic E-state index is 0.235. The molecule has 0 atom stereocenters. The number of aromatic nitrogens is 1. The number of carbonyl (C=O) groups excluding carboxylic acids is 1. The zero-order chi connectivity index (χ0) is 13.1. The molecular formula is C11H7BrClFN2OS. The number of benzene rings is 1. The fourth-order valence-electron chi connectivity index (χ4n) is 1.23. The molecule has 0 radical (unpaired) electrons. The molecule has 1 aromatic heterocycles. The Labute approximate surface area is 120 Å². The van der Waals surface area contributed by atoms with Crippen LogP contribution in [0.15, 0.2) is 28.1 Å². The first-order valence-corrected chi connectivity index (χ1v) is 7.07. The number of thiazole rings is 1. The van der Waals surface area contributed by atoms with Crippen LogP contribution in [0.3, 0.4) is 0 Å². The molecule has 1 heterocycles. The molecule has 1 N–H and O–H groups in total. The molecule has 1 amide bonds. The second kappa shape index (κ2) is 5.77. The van der Waals surface area contributed by atoms with Crippen LogP contribution in [0.25, 0.3) is 0 Å². The summed E-state index contributed by atoms with van der Waals surface area (Å²) in [4.78, 5) is 15.9. The first-order valence-electron chi connectivity index (χ1n) is 4.87. The Bertz CT molecular complexity index is 590. The van der Waals surface area contributed by atoms with Gasteiger partial charge in [0.05, 0.1) is 16.0 Å². The summed E-state index contributed by atoms with van der Waals surface area (Å²) < 4.78 is 13.6. The number of carbonyl (C=O) groups is 1. The molecule has 0 unspecified atom stereocenters. The van der Waals surface area contributed by atoms with E-state index in [2.05, 4.69) is 26.2 Å². The van der Waals surface area contributed by atoms with Crippen molar-refractivity contribution in [1.29, 1.82) is 0 Å². The van der Waals surface area contributed by atoms with Gasteiger partial charge in [-0.1, -0.05) is 0 Å². The molecule has 7 heteroatoms. The summed E-state index contributed by atoms with van der Waals surface area (Å²) in [5, 5.41) is 4.79. The molecule has 0 aliphatic rings. The van der Waals surface area contributed by atoms with E-state index >= 15 is 0 Å². The Morgan fingerprint density at radius 3 is 2.94 bits per heavy atom. The van der Waals surface area contributed by atoms with Crippen LogP contribution in [0.1, 0.15) is 16.1 Å². The van der Waals surface area contributed by atoms with Gasteiger partial charge in [0.2, 0.25) is 0 Å². The first kappa shape index (κ1) is 13.5. The third-order valence-corrected chi connectivity index (χ3v) is 3.81. The van der Waals surface area contributed by atoms with Crippen molar-refractivity contribution in [2.24, 2.45) is 0 Å². The summed E-state index contributed by atoms with van der Waals surface area (Å²) in [6.45, 7) is 0. The summed E-state index contributed by atoms with van der Waals surface area (Å²) in [6.07, 6.45) is 0. The zero-order valence-corrected chi connectivity index (χ0v) is 12.1. The molecule has 0 aliphatic heterocycles. The van der Waals surface area contributed by atoms with Crippen LogP contribution in [0.4, 0.5) is 9.52 Å². The van der Waals surface area contributed by atoms with Crippen molar-refractivity contribution in [2.75, 3.05) is 5.32 Å². The van der Waals surface area contributed by atoms with Crippen molar-refractivity contribution < 1.29 is 9.18 Å². The molecule has 0 spiro atoms. The van der Waals surface area contributed by atoms with E-state index in [4.69, 9.17) is 11.6 Å². The fraction of sp³-hybridized carbons (Fsp3) is 0.0909. The van der Waals surface area contributed by atoms with Crippen LogP contribution >= 0.6 is 38.9 Å². The number of anilines is 1. The van der Waals surface area contributed by atoms with Gasteiger partial charge in [-0.15, -0.1) is 22.9 Å². The largest absolute Gasteiger partial charge is 0.298 e. The SMILES string of the molecule is O=C(Nc1nc(CCl)cs1)c1ccc(Br)c(F)c1. The van der Waals surface area contributed by atoms with Crippen LogP contribution in [-0.4, -0.2) is 10.9 Å². The predicted octanol–water partition coefficient (Wildman–Crippen LogP) is 4.04. The maximum Gasteiger partial charge on any atom is 0.257 e. The topological polar surface area (TPSA) is 42.0 Å². The number of rotatable bonds is 3.